The molecule has 1 heteroatoms. The van der Waals surface area contributed by atoms with Gasteiger partial charge in [-0.2, -0.15) is 0 Å². The second kappa shape index (κ2) is 3.92. The van der Waals surface area contributed by atoms with Gasteiger partial charge in [-0.1, -0.05) is 42.5 Å². The lowest BCUT2D eigenvalue weighted by molar-refractivity contribution is 0.619. The Morgan fingerprint density at radius 2 is 1.57 bits per heavy atom. The first-order valence-corrected chi connectivity index (χ1v) is 7.26. The van der Waals surface area contributed by atoms with E-state index in [-0.39, 0.29) is 0 Å². The van der Waals surface area contributed by atoms with Crippen molar-refractivity contribution in [2.45, 2.75) is 6.42 Å². The molecule has 3 aromatic carbocycles. The van der Waals surface area contributed by atoms with Crippen molar-refractivity contribution < 1.29 is 4.42 Å². The normalized spacial score (nSPS) is 12.6. The third kappa shape index (κ3) is 1.49. The van der Waals surface area contributed by atoms with Crippen molar-refractivity contribution in [1.82, 2.24) is 0 Å². The number of hydrogen-bond donors (Lipinski definition) is 0. The van der Waals surface area contributed by atoms with Gasteiger partial charge in [0.15, 0.2) is 0 Å². The van der Waals surface area contributed by atoms with E-state index in [1.807, 2.05) is 0 Å². The molecule has 0 aliphatic heterocycles. The van der Waals surface area contributed by atoms with Crippen LogP contribution in [0, 0.1) is 0 Å². The van der Waals surface area contributed by atoms with Crippen LogP contribution in [0.2, 0.25) is 0 Å². The van der Waals surface area contributed by atoms with Crippen LogP contribution in [0.25, 0.3) is 33.1 Å². The third-order valence-electron chi connectivity index (χ3n) is 4.40. The summed E-state index contributed by atoms with van der Waals surface area (Å²) in [5.74, 6) is 1.04. The van der Waals surface area contributed by atoms with E-state index in [9.17, 15) is 0 Å². The van der Waals surface area contributed by atoms with Crippen molar-refractivity contribution in [3.63, 3.8) is 0 Å². The van der Waals surface area contributed by atoms with Gasteiger partial charge in [0, 0.05) is 12.5 Å². The molecule has 0 fully saturated rings. The molecule has 0 saturated heterocycles. The maximum Gasteiger partial charge on any atom is 0.364 e. The largest absolute Gasteiger partial charge is 0.364 e. The molecule has 0 atom stereocenters. The predicted molar refractivity (Wildman–Crippen MR) is 86.4 cm³/mol. The minimum absolute atomic E-state index is 0.962. The summed E-state index contributed by atoms with van der Waals surface area (Å²) >= 11 is 0. The molecule has 98 valence electrons. The van der Waals surface area contributed by atoms with Crippen molar-refractivity contribution in [1.29, 1.82) is 0 Å². The molecule has 0 saturated carbocycles. The maximum absolute atomic E-state index is 6.24. The van der Waals surface area contributed by atoms with Crippen LogP contribution in [0.1, 0.15) is 11.1 Å². The number of benzene rings is 3. The minimum atomic E-state index is 0.962. The van der Waals surface area contributed by atoms with Crippen molar-refractivity contribution in [2.24, 2.45) is 0 Å². The molecule has 0 N–H and O–H groups in total. The SMILES string of the molecule is c1ccc2c(c1)Cc1cc3c(ccc4ccccc43)[o+]c1-2. The fraction of sp³-hybridized carbons (Fsp3) is 0.0500. The molecule has 0 radical (unpaired) electrons. The zero-order chi connectivity index (χ0) is 13.8. The number of hydrogen-bond acceptors (Lipinski definition) is 0. The minimum Gasteiger partial charge on any atom is -0.206 e. The molecular formula is C20H13O+. The Balaban J connectivity index is 1.89. The van der Waals surface area contributed by atoms with E-state index in [1.165, 1.54) is 32.8 Å². The molecule has 1 aliphatic rings. The molecule has 21 heavy (non-hydrogen) atoms. The third-order valence-corrected chi connectivity index (χ3v) is 4.40. The summed E-state index contributed by atoms with van der Waals surface area (Å²) in [4.78, 5) is 0. The van der Waals surface area contributed by atoms with Crippen LogP contribution in [-0.4, -0.2) is 0 Å². The quantitative estimate of drug-likeness (QED) is 0.269. The summed E-state index contributed by atoms with van der Waals surface area (Å²) in [7, 11) is 0. The van der Waals surface area contributed by atoms with Gasteiger partial charge in [-0.05, 0) is 34.5 Å². The molecule has 0 bridgehead atoms. The van der Waals surface area contributed by atoms with Crippen molar-refractivity contribution in [2.75, 3.05) is 0 Å². The summed E-state index contributed by atoms with van der Waals surface area (Å²) in [6.07, 6.45) is 0.966. The maximum atomic E-state index is 6.24. The van der Waals surface area contributed by atoms with Crippen LogP contribution in [0.3, 0.4) is 0 Å². The lowest BCUT2D eigenvalue weighted by Crippen LogP contribution is -1.83. The molecule has 5 rings (SSSR count). The zero-order valence-electron chi connectivity index (χ0n) is 11.5. The summed E-state index contributed by atoms with van der Waals surface area (Å²) < 4.78 is 6.24. The Labute approximate surface area is 122 Å². The van der Waals surface area contributed by atoms with E-state index in [1.54, 1.807) is 0 Å². The molecular weight excluding hydrogens is 256 g/mol. The van der Waals surface area contributed by atoms with Gasteiger partial charge in [-0.3, -0.25) is 0 Å². The predicted octanol–water partition coefficient (Wildman–Crippen LogP) is 5.44. The van der Waals surface area contributed by atoms with Gasteiger partial charge in [0.05, 0.1) is 16.5 Å². The van der Waals surface area contributed by atoms with E-state index in [0.29, 0.717) is 0 Å². The van der Waals surface area contributed by atoms with Crippen LogP contribution in [0.15, 0.2) is 71.1 Å². The summed E-state index contributed by atoms with van der Waals surface area (Å²) in [5.41, 5.74) is 4.85. The highest BCUT2D eigenvalue weighted by molar-refractivity contribution is 6.06. The van der Waals surface area contributed by atoms with Crippen LogP contribution >= 0.6 is 0 Å². The van der Waals surface area contributed by atoms with E-state index in [2.05, 4.69) is 66.7 Å². The van der Waals surface area contributed by atoms with Crippen LogP contribution in [-0.2, 0) is 6.42 Å². The highest BCUT2D eigenvalue weighted by Crippen LogP contribution is 2.40. The van der Waals surface area contributed by atoms with Crippen molar-refractivity contribution in [3.8, 4) is 11.3 Å². The second-order valence-corrected chi connectivity index (χ2v) is 5.63. The Morgan fingerprint density at radius 3 is 2.57 bits per heavy atom. The summed E-state index contributed by atoms with van der Waals surface area (Å²) in [6, 6.07) is 23.5. The fourth-order valence-electron chi connectivity index (χ4n) is 3.39. The Kier molecular flexibility index (Phi) is 2.06. The molecule has 0 amide bonds. The fourth-order valence-corrected chi connectivity index (χ4v) is 3.39. The summed E-state index contributed by atoms with van der Waals surface area (Å²) in [6.45, 7) is 0. The lowest BCUT2D eigenvalue weighted by Gasteiger charge is -1.99. The standard InChI is InChI=1S/C20H13O/c1-3-7-16-13(5-1)9-10-19-18(16)12-15-11-14-6-2-4-8-17(14)20(15)21-19/h1-10,12H,11H2/q+1. The van der Waals surface area contributed by atoms with Crippen LogP contribution in [0.4, 0.5) is 0 Å². The Hall–Kier alpha value is -2.67. The summed E-state index contributed by atoms with van der Waals surface area (Å²) in [5, 5.41) is 3.73. The highest BCUT2D eigenvalue weighted by Gasteiger charge is 2.30. The number of fused-ring (bicyclic) bond motifs is 6. The lowest BCUT2D eigenvalue weighted by atomic mass is 10.0. The van der Waals surface area contributed by atoms with E-state index in [0.717, 1.165) is 17.8 Å². The molecule has 4 aromatic rings. The second-order valence-electron chi connectivity index (χ2n) is 5.63. The average molecular weight is 269 g/mol. The van der Waals surface area contributed by atoms with Gasteiger partial charge in [0.2, 0.25) is 0 Å². The average Bonchev–Trinajstić information content (AvgIpc) is 2.90. The van der Waals surface area contributed by atoms with Crippen molar-refractivity contribution >= 4 is 21.7 Å². The van der Waals surface area contributed by atoms with E-state index >= 15 is 0 Å². The monoisotopic (exact) mass is 269 g/mol. The van der Waals surface area contributed by atoms with E-state index < -0.39 is 0 Å². The number of rotatable bonds is 0. The smallest absolute Gasteiger partial charge is 0.206 e. The van der Waals surface area contributed by atoms with Gasteiger partial charge in [-0.25, -0.2) is 4.42 Å². The first-order valence-electron chi connectivity index (χ1n) is 7.26. The molecule has 1 aromatic heterocycles. The Morgan fingerprint density at radius 1 is 0.714 bits per heavy atom. The highest BCUT2D eigenvalue weighted by atomic mass is 16.3. The topological polar surface area (TPSA) is 11.3 Å². The van der Waals surface area contributed by atoms with Gasteiger partial charge in [-0.15, -0.1) is 0 Å². The van der Waals surface area contributed by atoms with Gasteiger partial charge in [0.1, 0.15) is 0 Å². The van der Waals surface area contributed by atoms with E-state index in [4.69, 9.17) is 4.42 Å². The molecule has 0 spiro atoms. The van der Waals surface area contributed by atoms with Crippen LogP contribution in [0.5, 0.6) is 0 Å². The van der Waals surface area contributed by atoms with Crippen LogP contribution < -0.4 is 0 Å². The van der Waals surface area contributed by atoms with Gasteiger partial charge >= 0.3 is 11.3 Å². The van der Waals surface area contributed by atoms with Gasteiger partial charge in [0.25, 0.3) is 0 Å². The van der Waals surface area contributed by atoms with Gasteiger partial charge < -0.3 is 0 Å². The van der Waals surface area contributed by atoms with Crippen molar-refractivity contribution in [3.05, 3.63) is 77.9 Å². The molecule has 1 nitrogen and oxygen atoms in total. The zero-order valence-corrected chi connectivity index (χ0v) is 11.5. The molecule has 1 aliphatic carbocycles. The molecule has 0 unspecified atom stereocenters. The first-order chi connectivity index (χ1) is 10.4. The molecule has 1 heterocycles. The Bertz CT molecular complexity index is 1010. The first kappa shape index (κ1) is 11.0.